The van der Waals surface area contributed by atoms with Crippen molar-refractivity contribution >= 4 is 10.8 Å². The number of hydrogen-bond donors (Lipinski definition) is 0. The van der Waals surface area contributed by atoms with E-state index in [1.165, 1.54) is 12.3 Å². The van der Waals surface area contributed by atoms with Crippen LogP contribution in [0.1, 0.15) is 5.69 Å². The Labute approximate surface area is 109 Å². The van der Waals surface area contributed by atoms with Gasteiger partial charge in [-0.25, -0.2) is 4.98 Å². The fraction of sp³-hybridized carbons (Fsp3) is 0. The van der Waals surface area contributed by atoms with E-state index >= 15 is 0 Å². The highest BCUT2D eigenvalue weighted by molar-refractivity contribution is 5.83. The molecule has 0 radical (unpaired) electrons. The van der Waals surface area contributed by atoms with Crippen molar-refractivity contribution < 1.29 is 4.74 Å². The molecule has 2 aromatic carbocycles. The molecule has 0 spiro atoms. The van der Waals surface area contributed by atoms with E-state index in [1.807, 2.05) is 48.5 Å². The molecular weight excluding hydrogens is 238 g/mol. The summed E-state index contributed by atoms with van der Waals surface area (Å²) in [5, 5.41) is 11.0. The van der Waals surface area contributed by atoms with Gasteiger partial charge in [0.25, 0.3) is 0 Å². The molecule has 3 aromatic rings. The molecule has 0 bridgehead atoms. The van der Waals surface area contributed by atoms with Crippen molar-refractivity contribution in [1.82, 2.24) is 9.97 Å². The molecular formula is C15H9N3O. The number of nitriles is 1. The molecule has 0 atom stereocenters. The van der Waals surface area contributed by atoms with Crippen LogP contribution in [0.5, 0.6) is 11.8 Å². The van der Waals surface area contributed by atoms with E-state index in [2.05, 4.69) is 9.97 Å². The third-order valence-electron chi connectivity index (χ3n) is 2.68. The first-order valence-electron chi connectivity index (χ1n) is 5.75. The molecule has 3 rings (SSSR count). The summed E-state index contributed by atoms with van der Waals surface area (Å²) in [5.74, 6) is 0.647. The number of nitrogens with zero attached hydrogens (tertiary/aromatic N) is 3. The number of rotatable bonds is 2. The van der Waals surface area contributed by atoms with Gasteiger partial charge in [0.1, 0.15) is 17.5 Å². The molecule has 0 aliphatic rings. The van der Waals surface area contributed by atoms with E-state index in [9.17, 15) is 0 Å². The average molecular weight is 247 g/mol. The Morgan fingerprint density at radius 3 is 2.68 bits per heavy atom. The lowest BCUT2D eigenvalue weighted by atomic mass is 10.1. The molecule has 19 heavy (non-hydrogen) atoms. The third kappa shape index (κ3) is 2.35. The molecule has 0 aliphatic carbocycles. The van der Waals surface area contributed by atoms with Crippen LogP contribution in [0.25, 0.3) is 10.8 Å². The maximum Gasteiger partial charge on any atom is 0.323 e. The first-order chi connectivity index (χ1) is 9.35. The lowest BCUT2D eigenvalue weighted by Gasteiger charge is -2.04. The zero-order valence-electron chi connectivity index (χ0n) is 9.95. The van der Waals surface area contributed by atoms with Crippen LogP contribution in [-0.4, -0.2) is 9.97 Å². The Hall–Kier alpha value is -2.93. The summed E-state index contributed by atoms with van der Waals surface area (Å²) in [6, 6.07) is 17.4. The minimum absolute atomic E-state index is 0.175. The summed E-state index contributed by atoms with van der Waals surface area (Å²) in [7, 11) is 0. The van der Waals surface area contributed by atoms with Crippen LogP contribution in [-0.2, 0) is 0 Å². The van der Waals surface area contributed by atoms with E-state index in [4.69, 9.17) is 10.00 Å². The molecule has 1 heterocycles. The van der Waals surface area contributed by atoms with Crippen LogP contribution in [0, 0.1) is 11.3 Å². The van der Waals surface area contributed by atoms with Crippen molar-refractivity contribution in [3.8, 4) is 17.8 Å². The van der Waals surface area contributed by atoms with Gasteiger partial charge < -0.3 is 4.74 Å². The Bertz CT molecular complexity index is 777. The zero-order valence-corrected chi connectivity index (χ0v) is 9.95. The second kappa shape index (κ2) is 4.75. The summed E-state index contributed by atoms with van der Waals surface area (Å²) >= 11 is 0. The first kappa shape index (κ1) is 11.2. The molecule has 1 aromatic heterocycles. The summed E-state index contributed by atoms with van der Waals surface area (Å²) in [6.45, 7) is 0. The predicted octanol–water partition coefficient (Wildman–Crippen LogP) is 3.29. The van der Waals surface area contributed by atoms with Gasteiger partial charge in [-0.1, -0.05) is 30.3 Å². The minimum atomic E-state index is 0.175. The van der Waals surface area contributed by atoms with Crippen molar-refractivity contribution in [2.45, 2.75) is 0 Å². The normalized spacial score (nSPS) is 10.1. The van der Waals surface area contributed by atoms with E-state index < -0.39 is 0 Å². The third-order valence-corrected chi connectivity index (χ3v) is 2.68. The van der Waals surface area contributed by atoms with Crippen molar-refractivity contribution in [2.24, 2.45) is 0 Å². The molecule has 0 N–H and O–H groups in total. The molecule has 0 unspecified atom stereocenters. The Morgan fingerprint density at radius 1 is 1.00 bits per heavy atom. The molecule has 0 aliphatic heterocycles. The summed E-state index contributed by atoms with van der Waals surface area (Å²) in [6.07, 6.45) is 1.50. The molecule has 4 nitrogen and oxygen atoms in total. The topological polar surface area (TPSA) is 58.8 Å². The van der Waals surface area contributed by atoms with Crippen LogP contribution in [0.15, 0.2) is 54.7 Å². The van der Waals surface area contributed by atoms with E-state index in [-0.39, 0.29) is 11.7 Å². The van der Waals surface area contributed by atoms with Gasteiger partial charge in [0.05, 0.1) is 0 Å². The second-order valence-electron chi connectivity index (χ2n) is 3.95. The molecule has 0 amide bonds. The molecule has 0 saturated heterocycles. The summed E-state index contributed by atoms with van der Waals surface area (Å²) in [5.41, 5.74) is 0.283. The number of hydrogen-bond acceptors (Lipinski definition) is 4. The lowest BCUT2D eigenvalue weighted by molar-refractivity contribution is 0.442. The number of fused-ring (bicyclic) bond motifs is 1. The van der Waals surface area contributed by atoms with Crippen LogP contribution in [0.3, 0.4) is 0 Å². The Balaban J connectivity index is 1.94. The fourth-order valence-corrected chi connectivity index (χ4v) is 1.79. The van der Waals surface area contributed by atoms with Crippen molar-refractivity contribution in [3.05, 3.63) is 60.4 Å². The second-order valence-corrected chi connectivity index (χ2v) is 3.95. The highest BCUT2D eigenvalue weighted by Gasteiger charge is 2.02. The van der Waals surface area contributed by atoms with Crippen LogP contribution in [0.2, 0.25) is 0 Å². The monoisotopic (exact) mass is 247 g/mol. The first-order valence-corrected chi connectivity index (χ1v) is 5.75. The fourth-order valence-electron chi connectivity index (χ4n) is 1.79. The van der Waals surface area contributed by atoms with Gasteiger partial charge in [0.15, 0.2) is 0 Å². The van der Waals surface area contributed by atoms with E-state index in [0.717, 1.165) is 10.8 Å². The summed E-state index contributed by atoms with van der Waals surface area (Å²) in [4.78, 5) is 7.95. The number of aromatic nitrogens is 2. The van der Waals surface area contributed by atoms with Gasteiger partial charge in [0, 0.05) is 6.20 Å². The minimum Gasteiger partial charge on any atom is -0.424 e. The Morgan fingerprint density at radius 2 is 1.84 bits per heavy atom. The summed E-state index contributed by atoms with van der Waals surface area (Å²) < 4.78 is 5.56. The van der Waals surface area contributed by atoms with Gasteiger partial charge in [-0.2, -0.15) is 10.2 Å². The highest BCUT2D eigenvalue weighted by Crippen LogP contribution is 2.23. The van der Waals surface area contributed by atoms with E-state index in [1.54, 1.807) is 0 Å². The van der Waals surface area contributed by atoms with Crippen LogP contribution < -0.4 is 4.74 Å². The van der Waals surface area contributed by atoms with Gasteiger partial charge in [-0.3, -0.25) is 0 Å². The van der Waals surface area contributed by atoms with Crippen LogP contribution in [0.4, 0.5) is 0 Å². The highest BCUT2D eigenvalue weighted by atomic mass is 16.5. The van der Waals surface area contributed by atoms with Crippen LogP contribution >= 0.6 is 0 Å². The van der Waals surface area contributed by atoms with Gasteiger partial charge in [-0.15, -0.1) is 0 Å². The molecule has 4 heteroatoms. The lowest BCUT2D eigenvalue weighted by Crippen LogP contribution is -1.93. The van der Waals surface area contributed by atoms with Crippen molar-refractivity contribution in [1.29, 1.82) is 5.26 Å². The van der Waals surface area contributed by atoms with Gasteiger partial charge in [-0.05, 0) is 29.0 Å². The number of ether oxygens (including phenoxy) is 1. The Kier molecular flexibility index (Phi) is 2.79. The average Bonchev–Trinajstić information content (AvgIpc) is 2.47. The van der Waals surface area contributed by atoms with Crippen molar-refractivity contribution in [2.75, 3.05) is 0 Å². The van der Waals surface area contributed by atoms with Crippen molar-refractivity contribution in [3.63, 3.8) is 0 Å². The molecule has 0 fully saturated rings. The largest absolute Gasteiger partial charge is 0.424 e. The maximum atomic E-state index is 8.77. The zero-order chi connectivity index (χ0) is 13.1. The molecule has 0 saturated carbocycles. The van der Waals surface area contributed by atoms with Gasteiger partial charge >= 0.3 is 6.01 Å². The standard InChI is InChI=1S/C15H9N3O/c16-10-13-7-8-17-15(18-13)19-14-6-5-11-3-1-2-4-12(11)9-14/h1-9H. The maximum absolute atomic E-state index is 8.77. The smallest absolute Gasteiger partial charge is 0.323 e. The van der Waals surface area contributed by atoms with Gasteiger partial charge in [0.2, 0.25) is 0 Å². The molecule has 90 valence electrons. The quantitative estimate of drug-likeness (QED) is 0.697. The SMILES string of the molecule is N#Cc1ccnc(Oc2ccc3ccccc3c2)n1. The predicted molar refractivity (Wildman–Crippen MR) is 70.8 cm³/mol. The number of benzene rings is 2. The van der Waals surface area contributed by atoms with E-state index in [0.29, 0.717) is 5.75 Å².